The molecule has 1 aliphatic rings. The molecular weight excluding hydrogens is 240 g/mol. The second-order valence-electron chi connectivity index (χ2n) is 5.30. The standard InChI is InChI=1S/C15H22N2O2/c1-15(16-2)8-10-17(11-9-15)14(18)12-6-4-5-7-13(12)19-3/h4-7,16H,8-11H2,1-3H3. The zero-order valence-corrected chi connectivity index (χ0v) is 11.9. The first-order chi connectivity index (χ1) is 9.09. The second-order valence-corrected chi connectivity index (χ2v) is 5.30. The highest BCUT2D eigenvalue weighted by atomic mass is 16.5. The van der Waals surface area contributed by atoms with E-state index in [4.69, 9.17) is 4.74 Å². The second kappa shape index (κ2) is 5.61. The van der Waals surface area contributed by atoms with Crippen molar-refractivity contribution in [1.82, 2.24) is 10.2 Å². The summed E-state index contributed by atoms with van der Waals surface area (Å²) in [7, 11) is 3.58. The lowest BCUT2D eigenvalue weighted by Gasteiger charge is -2.39. The number of carbonyl (C=O) groups is 1. The summed E-state index contributed by atoms with van der Waals surface area (Å²) in [4.78, 5) is 14.4. The van der Waals surface area contributed by atoms with Gasteiger partial charge >= 0.3 is 0 Å². The maximum atomic E-state index is 12.5. The Morgan fingerprint density at radius 1 is 1.32 bits per heavy atom. The van der Waals surface area contributed by atoms with Gasteiger partial charge in [0.2, 0.25) is 0 Å². The van der Waals surface area contributed by atoms with Crippen LogP contribution in [-0.4, -0.2) is 43.6 Å². The van der Waals surface area contributed by atoms with E-state index in [1.807, 2.05) is 36.2 Å². The average Bonchev–Trinajstić information content (AvgIpc) is 2.47. The van der Waals surface area contributed by atoms with Crippen molar-refractivity contribution in [1.29, 1.82) is 0 Å². The summed E-state index contributed by atoms with van der Waals surface area (Å²) in [5.74, 6) is 0.713. The predicted octanol–water partition coefficient (Wildman–Crippen LogP) is 1.91. The molecule has 1 fully saturated rings. The molecule has 0 bridgehead atoms. The molecule has 0 spiro atoms. The third-order valence-electron chi connectivity index (χ3n) is 4.10. The molecule has 1 aliphatic heterocycles. The lowest BCUT2D eigenvalue weighted by molar-refractivity contribution is 0.0658. The van der Waals surface area contributed by atoms with Crippen LogP contribution in [0.2, 0.25) is 0 Å². The summed E-state index contributed by atoms with van der Waals surface area (Å²) in [5.41, 5.74) is 0.801. The van der Waals surface area contributed by atoms with Crippen molar-refractivity contribution in [3.8, 4) is 5.75 Å². The molecule has 0 radical (unpaired) electrons. The minimum atomic E-state index is 0.0654. The highest BCUT2D eigenvalue weighted by Gasteiger charge is 2.31. The molecule has 104 valence electrons. The molecule has 1 aromatic carbocycles. The fourth-order valence-corrected chi connectivity index (χ4v) is 2.45. The van der Waals surface area contributed by atoms with Gasteiger partial charge in [0.05, 0.1) is 12.7 Å². The summed E-state index contributed by atoms with van der Waals surface area (Å²) in [6.45, 7) is 3.78. The quantitative estimate of drug-likeness (QED) is 0.904. The van der Waals surface area contributed by atoms with Crippen molar-refractivity contribution in [3.05, 3.63) is 29.8 Å². The fraction of sp³-hybridized carbons (Fsp3) is 0.533. The summed E-state index contributed by atoms with van der Waals surface area (Å²) >= 11 is 0. The Morgan fingerprint density at radius 3 is 2.53 bits per heavy atom. The van der Waals surface area contributed by atoms with Crippen LogP contribution in [0.4, 0.5) is 0 Å². The van der Waals surface area contributed by atoms with Gasteiger partial charge in [-0.15, -0.1) is 0 Å². The minimum Gasteiger partial charge on any atom is -0.496 e. The molecule has 1 saturated heterocycles. The summed E-state index contributed by atoms with van der Waals surface area (Å²) < 4.78 is 5.26. The van der Waals surface area contributed by atoms with Crippen molar-refractivity contribution < 1.29 is 9.53 Å². The van der Waals surface area contributed by atoms with E-state index in [-0.39, 0.29) is 11.4 Å². The van der Waals surface area contributed by atoms with E-state index in [9.17, 15) is 4.79 Å². The van der Waals surface area contributed by atoms with Crippen LogP contribution < -0.4 is 10.1 Å². The Bertz CT molecular complexity index is 451. The number of nitrogens with zero attached hydrogens (tertiary/aromatic N) is 1. The number of methoxy groups -OCH3 is 1. The number of hydrogen-bond acceptors (Lipinski definition) is 3. The average molecular weight is 262 g/mol. The fourth-order valence-electron chi connectivity index (χ4n) is 2.45. The van der Waals surface area contributed by atoms with E-state index >= 15 is 0 Å². The van der Waals surface area contributed by atoms with E-state index < -0.39 is 0 Å². The monoisotopic (exact) mass is 262 g/mol. The molecule has 0 atom stereocenters. The van der Waals surface area contributed by atoms with Crippen LogP contribution in [0.25, 0.3) is 0 Å². The van der Waals surface area contributed by atoms with Crippen LogP contribution in [0.5, 0.6) is 5.75 Å². The number of benzene rings is 1. The van der Waals surface area contributed by atoms with Crippen LogP contribution in [0.1, 0.15) is 30.1 Å². The van der Waals surface area contributed by atoms with Gasteiger partial charge in [-0.3, -0.25) is 4.79 Å². The van der Waals surface area contributed by atoms with Gasteiger partial charge in [0.25, 0.3) is 5.91 Å². The number of para-hydroxylation sites is 1. The van der Waals surface area contributed by atoms with E-state index in [0.29, 0.717) is 11.3 Å². The summed E-state index contributed by atoms with van der Waals surface area (Å²) in [6.07, 6.45) is 1.95. The molecule has 1 heterocycles. The summed E-state index contributed by atoms with van der Waals surface area (Å²) in [6, 6.07) is 7.41. The third kappa shape index (κ3) is 2.89. The van der Waals surface area contributed by atoms with Crippen LogP contribution in [0.15, 0.2) is 24.3 Å². The third-order valence-corrected chi connectivity index (χ3v) is 4.10. The molecule has 1 amide bonds. The van der Waals surface area contributed by atoms with E-state index in [1.165, 1.54) is 0 Å². The Balaban J connectivity index is 2.09. The molecule has 1 aromatic rings. The topological polar surface area (TPSA) is 41.6 Å². The maximum absolute atomic E-state index is 12.5. The number of ether oxygens (including phenoxy) is 1. The van der Waals surface area contributed by atoms with Crippen LogP contribution in [0, 0.1) is 0 Å². The number of likely N-dealkylation sites (tertiary alicyclic amines) is 1. The van der Waals surface area contributed by atoms with Gasteiger partial charge in [0, 0.05) is 18.6 Å². The van der Waals surface area contributed by atoms with Crippen molar-refractivity contribution in [2.45, 2.75) is 25.3 Å². The number of hydrogen-bond donors (Lipinski definition) is 1. The molecule has 0 aromatic heterocycles. The van der Waals surface area contributed by atoms with Crippen LogP contribution in [0.3, 0.4) is 0 Å². The minimum absolute atomic E-state index is 0.0654. The molecule has 0 aliphatic carbocycles. The van der Waals surface area contributed by atoms with E-state index in [0.717, 1.165) is 25.9 Å². The van der Waals surface area contributed by atoms with Crippen LogP contribution in [-0.2, 0) is 0 Å². The molecule has 0 unspecified atom stereocenters. The van der Waals surface area contributed by atoms with Gasteiger partial charge in [-0.2, -0.15) is 0 Å². The maximum Gasteiger partial charge on any atom is 0.257 e. The smallest absolute Gasteiger partial charge is 0.257 e. The first-order valence-corrected chi connectivity index (χ1v) is 6.71. The Morgan fingerprint density at radius 2 is 1.95 bits per heavy atom. The van der Waals surface area contributed by atoms with Crippen LogP contribution >= 0.6 is 0 Å². The molecule has 19 heavy (non-hydrogen) atoms. The highest BCUT2D eigenvalue weighted by molar-refractivity contribution is 5.97. The number of piperidine rings is 1. The van der Waals surface area contributed by atoms with Gasteiger partial charge in [-0.25, -0.2) is 0 Å². The molecule has 4 nitrogen and oxygen atoms in total. The summed E-state index contributed by atoms with van der Waals surface area (Å²) in [5, 5.41) is 3.34. The van der Waals surface area contributed by atoms with Gasteiger partial charge in [-0.05, 0) is 38.9 Å². The van der Waals surface area contributed by atoms with E-state index in [2.05, 4.69) is 12.2 Å². The normalized spacial score (nSPS) is 18.2. The van der Waals surface area contributed by atoms with Crippen molar-refractivity contribution in [2.75, 3.05) is 27.2 Å². The molecule has 1 N–H and O–H groups in total. The Labute approximate surface area is 114 Å². The Hall–Kier alpha value is -1.55. The van der Waals surface area contributed by atoms with Crippen molar-refractivity contribution in [2.24, 2.45) is 0 Å². The lowest BCUT2D eigenvalue weighted by atomic mass is 9.89. The largest absolute Gasteiger partial charge is 0.496 e. The molecule has 0 saturated carbocycles. The first-order valence-electron chi connectivity index (χ1n) is 6.71. The molecule has 2 rings (SSSR count). The van der Waals surface area contributed by atoms with Crippen molar-refractivity contribution >= 4 is 5.91 Å². The zero-order chi connectivity index (χ0) is 13.9. The Kier molecular flexibility index (Phi) is 4.10. The SMILES string of the molecule is CNC1(C)CCN(C(=O)c2ccccc2OC)CC1. The number of rotatable bonds is 3. The zero-order valence-electron chi connectivity index (χ0n) is 11.9. The van der Waals surface area contributed by atoms with Gasteiger partial charge in [-0.1, -0.05) is 12.1 Å². The van der Waals surface area contributed by atoms with Gasteiger partial charge in [0.1, 0.15) is 5.75 Å². The van der Waals surface area contributed by atoms with Gasteiger partial charge < -0.3 is 15.0 Å². The van der Waals surface area contributed by atoms with E-state index in [1.54, 1.807) is 7.11 Å². The molecular formula is C15H22N2O2. The number of carbonyl (C=O) groups excluding carboxylic acids is 1. The van der Waals surface area contributed by atoms with Crippen molar-refractivity contribution in [3.63, 3.8) is 0 Å². The first kappa shape index (κ1) is 13.9. The predicted molar refractivity (Wildman–Crippen MR) is 75.6 cm³/mol. The van der Waals surface area contributed by atoms with Gasteiger partial charge in [0.15, 0.2) is 0 Å². The lowest BCUT2D eigenvalue weighted by Crippen LogP contribution is -2.51. The number of nitrogens with one attached hydrogen (secondary N) is 1. The number of amides is 1. The molecule has 4 heteroatoms. The highest BCUT2D eigenvalue weighted by Crippen LogP contribution is 2.25.